The molecular weight excluding hydrogens is 190 g/mol. The molecule has 0 heterocycles. The predicted octanol–water partition coefficient (Wildman–Crippen LogP) is 1.60. The van der Waals surface area contributed by atoms with E-state index in [1.54, 1.807) is 0 Å². The van der Waals surface area contributed by atoms with E-state index in [1.165, 1.54) is 6.42 Å². The van der Waals surface area contributed by atoms with Crippen LogP contribution in [0.1, 0.15) is 33.1 Å². The van der Waals surface area contributed by atoms with Crippen LogP contribution in [-0.4, -0.2) is 25.5 Å². The first-order valence-electron chi connectivity index (χ1n) is 5.95. The molecule has 1 fully saturated rings. The minimum atomic E-state index is 0.231. The molecule has 0 aliphatic heterocycles. The Kier molecular flexibility index (Phi) is 5.26. The molecule has 0 bridgehead atoms. The van der Waals surface area contributed by atoms with E-state index in [2.05, 4.69) is 13.8 Å². The van der Waals surface area contributed by atoms with Crippen molar-refractivity contribution < 1.29 is 9.53 Å². The van der Waals surface area contributed by atoms with Gasteiger partial charge in [-0.25, -0.2) is 0 Å². The Bertz CT molecular complexity index is 206. The highest BCUT2D eigenvalue weighted by Gasteiger charge is 2.28. The zero-order valence-corrected chi connectivity index (χ0v) is 9.87. The Morgan fingerprint density at radius 2 is 2.07 bits per heavy atom. The van der Waals surface area contributed by atoms with Gasteiger partial charge in [0.05, 0.1) is 6.61 Å². The summed E-state index contributed by atoms with van der Waals surface area (Å²) in [5.41, 5.74) is 5.30. The monoisotopic (exact) mass is 213 g/mol. The average molecular weight is 213 g/mol. The van der Waals surface area contributed by atoms with Gasteiger partial charge < -0.3 is 10.5 Å². The summed E-state index contributed by atoms with van der Waals surface area (Å²) in [7, 11) is 0. The molecular formula is C12H23NO2. The summed E-state index contributed by atoms with van der Waals surface area (Å²) >= 11 is 0. The first kappa shape index (κ1) is 12.7. The number of hydrogen-bond donors (Lipinski definition) is 1. The van der Waals surface area contributed by atoms with Crippen molar-refractivity contribution in [1.29, 1.82) is 0 Å². The molecule has 2 N–H and O–H groups in total. The van der Waals surface area contributed by atoms with E-state index in [1.807, 2.05) is 0 Å². The Hall–Kier alpha value is -0.410. The molecule has 1 rings (SSSR count). The Morgan fingerprint density at radius 3 is 2.67 bits per heavy atom. The zero-order valence-electron chi connectivity index (χ0n) is 9.87. The topological polar surface area (TPSA) is 52.3 Å². The van der Waals surface area contributed by atoms with Gasteiger partial charge in [-0.1, -0.05) is 13.8 Å². The fourth-order valence-corrected chi connectivity index (χ4v) is 2.21. The lowest BCUT2D eigenvalue weighted by Crippen LogP contribution is -2.29. The van der Waals surface area contributed by atoms with E-state index in [4.69, 9.17) is 10.5 Å². The molecule has 1 aliphatic rings. The van der Waals surface area contributed by atoms with E-state index in [-0.39, 0.29) is 18.3 Å². The maximum atomic E-state index is 11.8. The maximum Gasteiger partial charge on any atom is 0.161 e. The predicted molar refractivity (Wildman–Crippen MR) is 60.5 cm³/mol. The Labute approximate surface area is 92.4 Å². The first-order valence-corrected chi connectivity index (χ1v) is 5.95. The molecule has 0 saturated heterocycles. The number of hydrogen-bond acceptors (Lipinski definition) is 3. The fraction of sp³-hybridized carbons (Fsp3) is 0.917. The van der Waals surface area contributed by atoms with Crippen molar-refractivity contribution in [2.45, 2.75) is 33.1 Å². The van der Waals surface area contributed by atoms with Crippen LogP contribution >= 0.6 is 0 Å². The van der Waals surface area contributed by atoms with Gasteiger partial charge in [-0.2, -0.15) is 0 Å². The number of carbonyl (C=O) groups is 1. The average Bonchev–Trinajstić information content (AvgIpc) is 2.22. The van der Waals surface area contributed by atoms with E-state index >= 15 is 0 Å². The number of nitrogens with two attached hydrogens (primary N) is 1. The van der Waals surface area contributed by atoms with Crippen molar-refractivity contribution in [1.82, 2.24) is 0 Å². The Balaban J connectivity index is 2.28. The van der Waals surface area contributed by atoms with Gasteiger partial charge in [0.1, 0.15) is 6.61 Å². The zero-order chi connectivity index (χ0) is 11.3. The maximum absolute atomic E-state index is 11.8. The molecule has 3 atom stereocenters. The molecule has 3 nitrogen and oxygen atoms in total. The lowest BCUT2D eigenvalue weighted by Gasteiger charge is -2.31. The van der Waals surface area contributed by atoms with Gasteiger partial charge in [0.2, 0.25) is 0 Å². The molecule has 1 aliphatic carbocycles. The largest absolute Gasteiger partial charge is 0.372 e. The van der Waals surface area contributed by atoms with Crippen LogP contribution < -0.4 is 5.73 Å². The van der Waals surface area contributed by atoms with Crippen molar-refractivity contribution >= 4 is 5.78 Å². The molecule has 3 unspecified atom stereocenters. The van der Waals surface area contributed by atoms with E-state index < -0.39 is 0 Å². The van der Waals surface area contributed by atoms with Crippen LogP contribution in [0.5, 0.6) is 0 Å². The molecule has 0 aromatic rings. The third kappa shape index (κ3) is 3.92. The van der Waals surface area contributed by atoms with Crippen molar-refractivity contribution in [3.8, 4) is 0 Å². The van der Waals surface area contributed by atoms with E-state index in [0.717, 1.165) is 18.8 Å². The number of ketones is 1. The second kappa shape index (κ2) is 6.23. The second-order valence-corrected chi connectivity index (χ2v) is 4.77. The third-order valence-corrected chi connectivity index (χ3v) is 3.56. The molecule has 0 amide bonds. The van der Waals surface area contributed by atoms with Crippen LogP contribution in [0, 0.1) is 17.8 Å². The summed E-state index contributed by atoms with van der Waals surface area (Å²) < 4.78 is 5.19. The smallest absolute Gasteiger partial charge is 0.161 e. The SMILES string of the molecule is CC1CCC(C(=O)COCCN)CC1C. The normalized spacial score (nSPS) is 31.5. The van der Waals surface area contributed by atoms with Gasteiger partial charge in [-0.15, -0.1) is 0 Å². The summed E-state index contributed by atoms with van der Waals surface area (Å²) in [6.45, 7) is 5.75. The summed E-state index contributed by atoms with van der Waals surface area (Å²) in [6, 6.07) is 0. The van der Waals surface area contributed by atoms with Crippen LogP contribution in [0.2, 0.25) is 0 Å². The summed E-state index contributed by atoms with van der Waals surface area (Å²) in [5.74, 6) is 1.93. The fourth-order valence-electron chi connectivity index (χ4n) is 2.21. The Morgan fingerprint density at radius 1 is 1.33 bits per heavy atom. The van der Waals surface area contributed by atoms with Crippen molar-refractivity contribution in [2.24, 2.45) is 23.5 Å². The molecule has 3 heteroatoms. The van der Waals surface area contributed by atoms with E-state index in [0.29, 0.717) is 19.1 Å². The molecule has 0 radical (unpaired) electrons. The number of carbonyl (C=O) groups excluding carboxylic acids is 1. The van der Waals surface area contributed by atoms with Crippen LogP contribution in [0.4, 0.5) is 0 Å². The highest BCUT2D eigenvalue weighted by atomic mass is 16.5. The number of rotatable bonds is 5. The second-order valence-electron chi connectivity index (χ2n) is 4.77. The standard InChI is InChI=1S/C12H23NO2/c1-9-3-4-11(7-10(9)2)12(14)8-15-6-5-13/h9-11H,3-8,13H2,1-2H3. The number of ether oxygens (including phenoxy) is 1. The van der Waals surface area contributed by atoms with Gasteiger partial charge in [-0.05, 0) is 31.1 Å². The van der Waals surface area contributed by atoms with Crippen molar-refractivity contribution in [3.05, 3.63) is 0 Å². The molecule has 15 heavy (non-hydrogen) atoms. The third-order valence-electron chi connectivity index (χ3n) is 3.56. The minimum Gasteiger partial charge on any atom is -0.372 e. The van der Waals surface area contributed by atoms with Crippen LogP contribution in [0.3, 0.4) is 0 Å². The van der Waals surface area contributed by atoms with Gasteiger partial charge >= 0.3 is 0 Å². The van der Waals surface area contributed by atoms with Crippen LogP contribution in [-0.2, 0) is 9.53 Å². The molecule has 1 saturated carbocycles. The van der Waals surface area contributed by atoms with E-state index in [9.17, 15) is 4.79 Å². The molecule has 0 aromatic carbocycles. The van der Waals surface area contributed by atoms with Gasteiger partial charge in [0.15, 0.2) is 5.78 Å². The van der Waals surface area contributed by atoms with Gasteiger partial charge in [0, 0.05) is 12.5 Å². The number of Topliss-reactive ketones (excluding diaryl/α,β-unsaturated/α-hetero) is 1. The quantitative estimate of drug-likeness (QED) is 0.706. The molecule has 0 spiro atoms. The van der Waals surface area contributed by atoms with Crippen LogP contribution in [0.25, 0.3) is 0 Å². The highest BCUT2D eigenvalue weighted by molar-refractivity contribution is 5.82. The summed E-state index contributed by atoms with van der Waals surface area (Å²) in [6.07, 6.45) is 3.25. The van der Waals surface area contributed by atoms with Gasteiger partial charge in [-0.3, -0.25) is 4.79 Å². The highest BCUT2D eigenvalue weighted by Crippen LogP contribution is 2.33. The van der Waals surface area contributed by atoms with Crippen LogP contribution in [0.15, 0.2) is 0 Å². The lowest BCUT2D eigenvalue weighted by molar-refractivity contribution is -0.129. The minimum absolute atomic E-state index is 0.231. The first-order chi connectivity index (χ1) is 7.15. The van der Waals surface area contributed by atoms with Crippen molar-refractivity contribution in [2.75, 3.05) is 19.8 Å². The summed E-state index contributed by atoms with van der Waals surface area (Å²) in [5, 5.41) is 0. The molecule has 88 valence electrons. The lowest BCUT2D eigenvalue weighted by atomic mass is 9.74. The summed E-state index contributed by atoms with van der Waals surface area (Å²) in [4.78, 5) is 11.8. The van der Waals surface area contributed by atoms with Gasteiger partial charge in [0.25, 0.3) is 0 Å². The molecule has 0 aromatic heterocycles. The van der Waals surface area contributed by atoms with Crippen molar-refractivity contribution in [3.63, 3.8) is 0 Å².